The summed E-state index contributed by atoms with van der Waals surface area (Å²) in [4.78, 5) is 2.45. The first-order chi connectivity index (χ1) is 23.1. The monoisotopic (exact) mass is 601 g/mol. The van der Waals surface area contributed by atoms with Crippen molar-refractivity contribution in [3.63, 3.8) is 0 Å². The second-order valence-corrected chi connectivity index (χ2v) is 13.3. The van der Waals surface area contributed by atoms with Crippen molar-refractivity contribution < 1.29 is 4.42 Å². The Balaban J connectivity index is 1.27. The van der Waals surface area contributed by atoms with Gasteiger partial charge in [0.15, 0.2) is 0 Å². The van der Waals surface area contributed by atoms with Crippen LogP contribution < -0.4 is 4.90 Å². The Morgan fingerprint density at radius 1 is 0.468 bits per heavy atom. The first-order valence-corrected chi connectivity index (χ1v) is 16.4. The van der Waals surface area contributed by atoms with Crippen LogP contribution in [-0.2, 0) is 5.41 Å². The minimum Gasteiger partial charge on any atom is -0.456 e. The van der Waals surface area contributed by atoms with Gasteiger partial charge in [-0.25, -0.2) is 0 Å². The van der Waals surface area contributed by atoms with E-state index in [-0.39, 0.29) is 5.41 Å². The zero-order valence-electron chi connectivity index (χ0n) is 26.3. The Morgan fingerprint density at radius 2 is 1.13 bits per heavy atom. The van der Waals surface area contributed by atoms with Crippen molar-refractivity contribution in [2.45, 2.75) is 19.3 Å². The summed E-state index contributed by atoms with van der Waals surface area (Å²) in [6, 6.07) is 55.4. The van der Waals surface area contributed by atoms with Crippen LogP contribution in [0.5, 0.6) is 0 Å². The van der Waals surface area contributed by atoms with E-state index in [0.717, 1.165) is 33.3 Å². The molecule has 0 aliphatic heterocycles. The third-order valence-corrected chi connectivity index (χ3v) is 10.4. The molecule has 0 amide bonds. The van der Waals surface area contributed by atoms with Crippen LogP contribution in [0.1, 0.15) is 25.0 Å². The summed E-state index contributed by atoms with van der Waals surface area (Å²) in [5, 5.41) is 9.86. The normalized spacial score (nSPS) is 13.5. The Kier molecular flexibility index (Phi) is 5.37. The standard InChI is InChI=1S/C45H31NO/c1-45(2)38-14-7-5-13-36(38)44-39(45)15-9-16-40(44)46(32-23-25-42-37(27-32)35-12-6-8-17-41(35)47-42)31-22-24-34-30(26-31)21-20-29-19-18-28-10-3-4-11-33(28)43(29)34/h3-27H,1-2H3. The van der Waals surface area contributed by atoms with Crippen LogP contribution in [0, 0.1) is 0 Å². The van der Waals surface area contributed by atoms with E-state index in [0.29, 0.717) is 0 Å². The van der Waals surface area contributed by atoms with E-state index in [1.165, 1.54) is 60.3 Å². The van der Waals surface area contributed by atoms with Crippen LogP contribution in [0.25, 0.3) is 65.4 Å². The zero-order chi connectivity index (χ0) is 31.3. The molecular weight excluding hydrogens is 571 g/mol. The number of para-hydroxylation sites is 1. The molecule has 222 valence electrons. The second-order valence-electron chi connectivity index (χ2n) is 13.3. The van der Waals surface area contributed by atoms with Crippen LogP contribution in [-0.4, -0.2) is 0 Å². The molecule has 8 aromatic carbocycles. The van der Waals surface area contributed by atoms with Gasteiger partial charge in [-0.15, -0.1) is 0 Å². The quantitative estimate of drug-likeness (QED) is 0.187. The molecule has 0 unspecified atom stereocenters. The van der Waals surface area contributed by atoms with Crippen molar-refractivity contribution in [2.24, 2.45) is 0 Å². The molecule has 0 saturated carbocycles. The molecule has 0 saturated heterocycles. The van der Waals surface area contributed by atoms with E-state index in [1.807, 2.05) is 12.1 Å². The predicted octanol–water partition coefficient (Wildman–Crippen LogP) is 12.8. The van der Waals surface area contributed by atoms with Crippen molar-refractivity contribution in [3.05, 3.63) is 163 Å². The predicted molar refractivity (Wildman–Crippen MR) is 198 cm³/mol. The summed E-state index contributed by atoms with van der Waals surface area (Å²) in [6.07, 6.45) is 0. The molecule has 47 heavy (non-hydrogen) atoms. The van der Waals surface area contributed by atoms with Gasteiger partial charge in [-0.2, -0.15) is 0 Å². The fraction of sp³-hybridized carbons (Fsp3) is 0.0667. The molecule has 1 aliphatic rings. The lowest BCUT2D eigenvalue weighted by Crippen LogP contribution is -2.16. The number of hydrogen-bond acceptors (Lipinski definition) is 2. The fourth-order valence-electron chi connectivity index (χ4n) is 8.16. The van der Waals surface area contributed by atoms with E-state index in [9.17, 15) is 0 Å². The van der Waals surface area contributed by atoms with E-state index in [4.69, 9.17) is 4.42 Å². The van der Waals surface area contributed by atoms with Gasteiger partial charge < -0.3 is 9.32 Å². The minimum atomic E-state index is -0.0956. The average molecular weight is 602 g/mol. The second kappa shape index (κ2) is 9.57. The molecule has 10 rings (SSSR count). The maximum absolute atomic E-state index is 6.26. The number of benzene rings is 8. The summed E-state index contributed by atoms with van der Waals surface area (Å²) in [7, 11) is 0. The van der Waals surface area contributed by atoms with Gasteiger partial charge in [0, 0.05) is 33.1 Å². The molecule has 1 aromatic heterocycles. The molecule has 0 radical (unpaired) electrons. The van der Waals surface area contributed by atoms with E-state index >= 15 is 0 Å². The van der Waals surface area contributed by atoms with Gasteiger partial charge in [0.25, 0.3) is 0 Å². The van der Waals surface area contributed by atoms with Crippen LogP contribution in [0.3, 0.4) is 0 Å². The van der Waals surface area contributed by atoms with Crippen LogP contribution in [0.2, 0.25) is 0 Å². The van der Waals surface area contributed by atoms with Gasteiger partial charge in [0.1, 0.15) is 11.2 Å². The molecular formula is C45H31NO. The summed E-state index contributed by atoms with van der Waals surface area (Å²) >= 11 is 0. The SMILES string of the molecule is CC1(C)c2ccccc2-c2c(N(c3ccc4c(ccc5ccc6ccccc6c54)c3)c3ccc4oc5ccccc5c4c3)cccc21. The fourth-order valence-corrected chi connectivity index (χ4v) is 8.16. The Morgan fingerprint density at radius 3 is 2.04 bits per heavy atom. The zero-order valence-corrected chi connectivity index (χ0v) is 26.3. The lowest BCUT2D eigenvalue weighted by molar-refractivity contribution is 0.660. The van der Waals surface area contributed by atoms with Gasteiger partial charge >= 0.3 is 0 Å². The molecule has 0 N–H and O–H groups in total. The Bertz CT molecular complexity index is 2730. The van der Waals surface area contributed by atoms with E-state index < -0.39 is 0 Å². The number of nitrogens with zero attached hydrogens (tertiary/aromatic N) is 1. The first-order valence-electron chi connectivity index (χ1n) is 16.4. The third-order valence-electron chi connectivity index (χ3n) is 10.4. The number of hydrogen-bond donors (Lipinski definition) is 0. The largest absolute Gasteiger partial charge is 0.456 e. The smallest absolute Gasteiger partial charge is 0.135 e. The summed E-state index contributed by atoms with van der Waals surface area (Å²) in [5.41, 5.74) is 10.5. The molecule has 1 aliphatic carbocycles. The van der Waals surface area contributed by atoms with E-state index in [1.54, 1.807) is 0 Å². The number of anilines is 3. The van der Waals surface area contributed by atoms with Crippen molar-refractivity contribution >= 4 is 71.3 Å². The van der Waals surface area contributed by atoms with Crippen molar-refractivity contribution in [1.29, 1.82) is 0 Å². The van der Waals surface area contributed by atoms with E-state index in [2.05, 4.69) is 158 Å². The van der Waals surface area contributed by atoms with Gasteiger partial charge in [0.2, 0.25) is 0 Å². The molecule has 1 heterocycles. The van der Waals surface area contributed by atoms with Gasteiger partial charge in [0.05, 0.1) is 5.69 Å². The summed E-state index contributed by atoms with van der Waals surface area (Å²) in [6.45, 7) is 4.70. The van der Waals surface area contributed by atoms with Crippen molar-refractivity contribution in [3.8, 4) is 11.1 Å². The molecule has 2 nitrogen and oxygen atoms in total. The molecule has 2 heteroatoms. The minimum absolute atomic E-state index is 0.0956. The highest BCUT2D eigenvalue weighted by Crippen LogP contribution is 2.54. The number of fused-ring (bicyclic) bond motifs is 11. The van der Waals surface area contributed by atoms with Crippen LogP contribution in [0.15, 0.2) is 156 Å². The Labute approximate surface area is 273 Å². The molecule has 0 spiro atoms. The van der Waals surface area contributed by atoms with Gasteiger partial charge in [-0.1, -0.05) is 123 Å². The Hall–Kier alpha value is -5.86. The first kappa shape index (κ1) is 26.4. The highest BCUT2D eigenvalue weighted by Gasteiger charge is 2.37. The molecule has 0 atom stereocenters. The van der Waals surface area contributed by atoms with Crippen LogP contribution >= 0.6 is 0 Å². The number of rotatable bonds is 3. The van der Waals surface area contributed by atoms with Crippen molar-refractivity contribution in [2.75, 3.05) is 4.90 Å². The van der Waals surface area contributed by atoms with Gasteiger partial charge in [-0.05, 0) is 91.5 Å². The maximum atomic E-state index is 6.26. The highest BCUT2D eigenvalue weighted by atomic mass is 16.3. The third kappa shape index (κ3) is 3.73. The van der Waals surface area contributed by atoms with Gasteiger partial charge in [-0.3, -0.25) is 0 Å². The maximum Gasteiger partial charge on any atom is 0.135 e. The number of furan rings is 1. The summed E-state index contributed by atoms with van der Waals surface area (Å²) in [5.74, 6) is 0. The molecule has 0 fully saturated rings. The topological polar surface area (TPSA) is 16.4 Å². The lowest BCUT2D eigenvalue weighted by atomic mass is 9.82. The average Bonchev–Trinajstić information content (AvgIpc) is 3.60. The van der Waals surface area contributed by atoms with Crippen LogP contribution in [0.4, 0.5) is 17.1 Å². The highest BCUT2D eigenvalue weighted by molar-refractivity contribution is 6.20. The molecule has 9 aromatic rings. The van der Waals surface area contributed by atoms with Crippen molar-refractivity contribution in [1.82, 2.24) is 0 Å². The summed E-state index contributed by atoms with van der Waals surface area (Å²) < 4.78 is 6.26. The molecule has 0 bridgehead atoms. The lowest BCUT2D eigenvalue weighted by Gasteiger charge is -2.29.